The highest BCUT2D eigenvalue weighted by molar-refractivity contribution is 5.95. The van der Waals surface area contributed by atoms with E-state index in [1.807, 2.05) is 37.4 Å². The predicted octanol–water partition coefficient (Wildman–Crippen LogP) is 4.11. The number of aromatic nitrogens is 1. The van der Waals surface area contributed by atoms with Gasteiger partial charge in [0.25, 0.3) is 0 Å². The first-order chi connectivity index (χ1) is 12.2. The SMILES string of the molecule is COc1ccc(-c2c[nH]c3c(N4CCCC4)ccc(C)c3c2=O)cc1. The van der Waals surface area contributed by atoms with E-state index in [2.05, 4.69) is 22.0 Å². The molecule has 4 nitrogen and oxygen atoms in total. The zero-order valence-electron chi connectivity index (χ0n) is 14.6. The summed E-state index contributed by atoms with van der Waals surface area (Å²) in [5.74, 6) is 0.786. The van der Waals surface area contributed by atoms with E-state index < -0.39 is 0 Å². The summed E-state index contributed by atoms with van der Waals surface area (Å²) in [7, 11) is 1.64. The van der Waals surface area contributed by atoms with Gasteiger partial charge >= 0.3 is 0 Å². The quantitative estimate of drug-likeness (QED) is 0.784. The lowest BCUT2D eigenvalue weighted by Gasteiger charge is -2.20. The predicted molar refractivity (Wildman–Crippen MR) is 103 cm³/mol. The molecule has 4 rings (SSSR count). The molecule has 3 aromatic rings. The van der Waals surface area contributed by atoms with Crippen molar-refractivity contribution in [2.75, 3.05) is 25.1 Å². The van der Waals surface area contributed by atoms with Gasteiger partial charge in [-0.05, 0) is 49.1 Å². The number of anilines is 1. The number of H-pyrrole nitrogens is 1. The van der Waals surface area contributed by atoms with Crippen molar-refractivity contribution in [3.8, 4) is 16.9 Å². The van der Waals surface area contributed by atoms with E-state index >= 15 is 0 Å². The van der Waals surface area contributed by atoms with Gasteiger partial charge in [0.05, 0.1) is 23.7 Å². The van der Waals surface area contributed by atoms with Crippen LogP contribution in [0.2, 0.25) is 0 Å². The second-order valence-corrected chi connectivity index (χ2v) is 6.61. The van der Waals surface area contributed by atoms with E-state index in [0.29, 0.717) is 5.56 Å². The number of hydrogen-bond donors (Lipinski definition) is 1. The van der Waals surface area contributed by atoms with Crippen molar-refractivity contribution in [3.05, 3.63) is 58.4 Å². The van der Waals surface area contributed by atoms with Gasteiger partial charge in [0.15, 0.2) is 5.43 Å². The maximum absolute atomic E-state index is 13.2. The molecule has 0 aliphatic carbocycles. The van der Waals surface area contributed by atoms with Crippen molar-refractivity contribution in [1.29, 1.82) is 0 Å². The summed E-state index contributed by atoms with van der Waals surface area (Å²) < 4.78 is 5.21. The Morgan fingerprint density at radius 2 is 1.76 bits per heavy atom. The van der Waals surface area contributed by atoms with Gasteiger partial charge in [-0.25, -0.2) is 0 Å². The molecule has 1 N–H and O–H groups in total. The van der Waals surface area contributed by atoms with Gasteiger partial charge in [0.2, 0.25) is 0 Å². The number of fused-ring (bicyclic) bond motifs is 1. The number of aromatic amines is 1. The van der Waals surface area contributed by atoms with E-state index in [9.17, 15) is 4.79 Å². The third-order valence-electron chi connectivity index (χ3n) is 5.07. The zero-order valence-corrected chi connectivity index (χ0v) is 14.6. The maximum Gasteiger partial charge on any atom is 0.197 e. The number of nitrogens with zero attached hydrogens (tertiary/aromatic N) is 1. The fraction of sp³-hybridized carbons (Fsp3) is 0.286. The minimum Gasteiger partial charge on any atom is -0.497 e. The van der Waals surface area contributed by atoms with Crippen molar-refractivity contribution in [3.63, 3.8) is 0 Å². The van der Waals surface area contributed by atoms with E-state index in [4.69, 9.17) is 4.74 Å². The van der Waals surface area contributed by atoms with Crippen molar-refractivity contribution < 1.29 is 4.74 Å². The van der Waals surface area contributed by atoms with E-state index in [-0.39, 0.29) is 5.43 Å². The fourth-order valence-electron chi connectivity index (χ4n) is 3.69. The Balaban J connectivity index is 1.89. The number of pyridine rings is 1. The molecule has 0 radical (unpaired) electrons. The standard InChI is InChI=1S/C21H22N2O2/c1-14-5-10-18(23-11-3-4-12-23)20-19(14)21(24)17(13-22-20)15-6-8-16(25-2)9-7-15/h5-10,13H,3-4,11-12H2,1-2H3,(H,22,24). The average Bonchev–Trinajstić information content (AvgIpc) is 3.17. The first kappa shape index (κ1) is 15.8. The number of ether oxygens (including phenoxy) is 1. The Kier molecular flexibility index (Phi) is 3.96. The summed E-state index contributed by atoms with van der Waals surface area (Å²) in [4.78, 5) is 19.0. The van der Waals surface area contributed by atoms with Crippen LogP contribution in [0.25, 0.3) is 22.0 Å². The van der Waals surface area contributed by atoms with Gasteiger partial charge in [-0.2, -0.15) is 0 Å². The van der Waals surface area contributed by atoms with Crippen LogP contribution < -0.4 is 15.1 Å². The Morgan fingerprint density at radius 1 is 1.04 bits per heavy atom. The number of nitrogens with one attached hydrogen (secondary N) is 1. The van der Waals surface area contributed by atoms with Crippen LogP contribution in [0.3, 0.4) is 0 Å². The minimum atomic E-state index is 0.0810. The number of hydrogen-bond acceptors (Lipinski definition) is 3. The Bertz CT molecular complexity index is 968. The lowest BCUT2D eigenvalue weighted by Crippen LogP contribution is -2.19. The molecular formula is C21H22N2O2. The third-order valence-corrected chi connectivity index (χ3v) is 5.07. The lowest BCUT2D eigenvalue weighted by atomic mass is 10.0. The van der Waals surface area contributed by atoms with Crippen LogP contribution in [0.4, 0.5) is 5.69 Å². The molecule has 4 heteroatoms. The monoisotopic (exact) mass is 334 g/mol. The van der Waals surface area contributed by atoms with Gasteiger partial charge < -0.3 is 14.6 Å². The summed E-state index contributed by atoms with van der Waals surface area (Å²) in [6, 6.07) is 11.8. The molecule has 0 bridgehead atoms. The van der Waals surface area contributed by atoms with E-state index in [0.717, 1.165) is 46.6 Å². The van der Waals surface area contributed by atoms with Gasteiger partial charge in [-0.3, -0.25) is 4.79 Å². The average molecular weight is 334 g/mol. The first-order valence-electron chi connectivity index (χ1n) is 8.73. The maximum atomic E-state index is 13.2. The summed E-state index contributed by atoms with van der Waals surface area (Å²) >= 11 is 0. The molecule has 2 heterocycles. The van der Waals surface area contributed by atoms with Crippen molar-refractivity contribution in [2.24, 2.45) is 0 Å². The minimum absolute atomic E-state index is 0.0810. The molecule has 0 atom stereocenters. The molecule has 1 aromatic heterocycles. The second-order valence-electron chi connectivity index (χ2n) is 6.61. The van der Waals surface area contributed by atoms with Crippen molar-refractivity contribution in [2.45, 2.75) is 19.8 Å². The van der Waals surface area contributed by atoms with Gasteiger partial charge in [-0.15, -0.1) is 0 Å². The summed E-state index contributed by atoms with van der Waals surface area (Å²) in [6.45, 7) is 4.12. The van der Waals surface area contributed by atoms with Crippen molar-refractivity contribution in [1.82, 2.24) is 4.98 Å². The molecule has 0 saturated carbocycles. The molecule has 2 aromatic carbocycles. The van der Waals surface area contributed by atoms with Crippen LogP contribution in [-0.2, 0) is 0 Å². The largest absolute Gasteiger partial charge is 0.497 e. The molecule has 0 amide bonds. The molecule has 1 aliphatic rings. The van der Waals surface area contributed by atoms with Crippen LogP contribution in [0.15, 0.2) is 47.4 Å². The Labute approximate surface area is 147 Å². The molecule has 1 aliphatic heterocycles. The lowest BCUT2D eigenvalue weighted by molar-refractivity contribution is 0.415. The van der Waals surface area contributed by atoms with Crippen molar-refractivity contribution >= 4 is 16.6 Å². The second kappa shape index (κ2) is 6.28. The summed E-state index contributed by atoms with van der Waals surface area (Å²) in [5.41, 5.74) is 4.76. The number of rotatable bonds is 3. The van der Waals surface area contributed by atoms with Gasteiger partial charge in [0, 0.05) is 24.8 Å². The Hall–Kier alpha value is -2.75. The van der Waals surface area contributed by atoms with Crippen LogP contribution in [0, 0.1) is 6.92 Å². The van der Waals surface area contributed by atoms with Gasteiger partial charge in [-0.1, -0.05) is 18.2 Å². The topological polar surface area (TPSA) is 45.3 Å². The third kappa shape index (κ3) is 2.68. The molecule has 1 fully saturated rings. The molecule has 0 unspecified atom stereocenters. The first-order valence-corrected chi connectivity index (χ1v) is 8.73. The smallest absolute Gasteiger partial charge is 0.197 e. The zero-order chi connectivity index (χ0) is 17.4. The normalized spacial score (nSPS) is 14.2. The van der Waals surface area contributed by atoms with Crippen LogP contribution in [0.5, 0.6) is 5.75 Å². The molecule has 1 saturated heterocycles. The number of methoxy groups -OCH3 is 1. The number of benzene rings is 2. The molecule has 128 valence electrons. The summed E-state index contributed by atoms with van der Waals surface area (Å²) in [6.07, 6.45) is 4.26. The van der Waals surface area contributed by atoms with Gasteiger partial charge in [0.1, 0.15) is 5.75 Å². The molecule has 0 spiro atoms. The summed E-state index contributed by atoms with van der Waals surface area (Å²) in [5, 5.41) is 0.790. The highest BCUT2D eigenvalue weighted by Crippen LogP contribution is 2.30. The molecule has 25 heavy (non-hydrogen) atoms. The fourth-order valence-corrected chi connectivity index (χ4v) is 3.69. The van der Waals surface area contributed by atoms with E-state index in [1.165, 1.54) is 12.8 Å². The van der Waals surface area contributed by atoms with Crippen LogP contribution in [-0.4, -0.2) is 25.2 Å². The highest BCUT2D eigenvalue weighted by atomic mass is 16.5. The highest BCUT2D eigenvalue weighted by Gasteiger charge is 2.18. The Morgan fingerprint density at radius 3 is 2.44 bits per heavy atom. The molecular weight excluding hydrogens is 312 g/mol. The number of aryl methyl sites for hydroxylation is 1. The van der Waals surface area contributed by atoms with E-state index in [1.54, 1.807) is 7.11 Å². The van der Waals surface area contributed by atoms with Crippen LogP contribution >= 0.6 is 0 Å². The van der Waals surface area contributed by atoms with Crippen LogP contribution in [0.1, 0.15) is 18.4 Å².